The topological polar surface area (TPSA) is 50.9 Å². The molecule has 0 spiro atoms. The van der Waals surface area contributed by atoms with Gasteiger partial charge in [0.25, 0.3) is 0 Å². The molecular weight excluding hydrogens is 270 g/mol. The van der Waals surface area contributed by atoms with E-state index in [1.54, 1.807) is 4.68 Å². The molecule has 0 amide bonds. The van der Waals surface area contributed by atoms with Crippen molar-refractivity contribution < 1.29 is 5.11 Å². The zero-order valence-corrected chi connectivity index (χ0v) is 10.3. The summed E-state index contributed by atoms with van der Waals surface area (Å²) < 4.78 is 2.84. The van der Waals surface area contributed by atoms with Crippen molar-refractivity contribution in [2.45, 2.75) is 13.0 Å². The summed E-state index contributed by atoms with van der Waals surface area (Å²) in [6, 6.07) is 8.08. The maximum atomic E-state index is 8.77. The molecule has 0 aliphatic rings. The summed E-state index contributed by atoms with van der Waals surface area (Å²) >= 11 is 3.39. The summed E-state index contributed by atoms with van der Waals surface area (Å²) in [5.74, 6) is 0. The Balaban J connectivity index is 2.05. The number of benzene rings is 1. The molecule has 4 nitrogen and oxygen atoms in total. The summed E-state index contributed by atoms with van der Waals surface area (Å²) in [7, 11) is 0. The van der Waals surface area contributed by atoms with E-state index < -0.39 is 0 Å². The Morgan fingerprint density at radius 2 is 2.00 bits per heavy atom. The van der Waals surface area contributed by atoms with Crippen LogP contribution in [0, 0.1) is 0 Å². The van der Waals surface area contributed by atoms with Crippen molar-refractivity contribution in [3.05, 3.63) is 46.2 Å². The van der Waals surface area contributed by atoms with Crippen LogP contribution in [0.1, 0.15) is 11.3 Å². The molecule has 1 aromatic heterocycles. The summed E-state index contributed by atoms with van der Waals surface area (Å²) in [6.07, 6.45) is 2.42. The normalized spacial score (nSPS) is 10.6. The molecule has 2 aromatic rings. The van der Waals surface area contributed by atoms with Gasteiger partial charge in [0.05, 0.1) is 12.2 Å². The van der Waals surface area contributed by atoms with Crippen molar-refractivity contribution >= 4 is 15.9 Å². The van der Waals surface area contributed by atoms with Crippen LogP contribution in [0.5, 0.6) is 0 Å². The molecule has 0 bridgehead atoms. The van der Waals surface area contributed by atoms with E-state index in [0.29, 0.717) is 13.0 Å². The molecule has 0 atom stereocenters. The maximum absolute atomic E-state index is 8.77. The van der Waals surface area contributed by atoms with Gasteiger partial charge in [-0.2, -0.15) is 0 Å². The van der Waals surface area contributed by atoms with Gasteiger partial charge in [-0.3, -0.25) is 0 Å². The number of aliphatic hydroxyl groups excluding tert-OH is 1. The van der Waals surface area contributed by atoms with Crippen molar-refractivity contribution in [1.29, 1.82) is 0 Å². The third-order valence-corrected chi connectivity index (χ3v) is 2.74. The van der Waals surface area contributed by atoms with Crippen LogP contribution < -0.4 is 0 Å². The number of rotatable bonds is 4. The molecule has 16 heavy (non-hydrogen) atoms. The molecule has 0 radical (unpaired) electrons. The molecule has 0 saturated carbocycles. The van der Waals surface area contributed by atoms with Crippen molar-refractivity contribution in [2.24, 2.45) is 0 Å². The number of halogens is 1. The van der Waals surface area contributed by atoms with Crippen molar-refractivity contribution in [2.75, 3.05) is 6.61 Å². The van der Waals surface area contributed by atoms with E-state index in [1.165, 1.54) is 5.56 Å². The lowest BCUT2D eigenvalue weighted by molar-refractivity contribution is 0.298. The van der Waals surface area contributed by atoms with Crippen LogP contribution in [-0.2, 0) is 13.0 Å². The predicted molar refractivity (Wildman–Crippen MR) is 64.1 cm³/mol. The minimum Gasteiger partial charge on any atom is -0.396 e. The average molecular weight is 282 g/mol. The summed E-state index contributed by atoms with van der Waals surface area (Å²) in [5.41, 5.74) is 1.99. The monoisotopic (exact) mass is 281 g/mol. The largest absolute Gasteiger partial charge is 0.396 e. The first-order valence-corrected chi connectivity index (χ1v) is 5.81. The summed E-state index contributed by atoms with van der Waals surface area (Å²) in [5, 5.41) is 16.7. The highest BCUT2D eigenvalue weighted by Crippen LogP contribution is 2.11. The zero-order chi connectivity index (χ0) is 11.4. The van der Waals surface area contributed by atoms with Gasteiger partial charge in [-0.05, 0) is 17.7 Å². The lowest BCUT2D eigenvalue weighted by Gasteiger charge is -2.00. The third kappa shape index (κ3) is 2.90. The second kappa shape index (κ2) is 5.23. The van der Waals surface area contributed by atoms with Gasteiger partial charge >= 0.3 is 0 Å². The van der Waals surface area contributed by atoms with Crippen LogP contribution in [0.2, 0.25) is 0 Å². The number of nitrogens with zero attached hydrogens (tertiary/aromatic N) is 3. The van der Waals surface area contributed by atoms with Crippen LogP contribution >= 0.6 is 15.9 Å². The molecular formula is C11H12BrN3O. The van der Waals surface area contributed by atoms with E-state index >= 15 is 0 Å². The Morgan fingerprint density at radius 3 is 2.69 bits per heavy atom. The second-order valence-electron chi connectivity index (χ2n) is 3.51. The average Bonchev–Trinajstić information content (AvgIpc) is 2.70. The Bertz CT molecular complexity index is 453. The Hall–Kier alpha value is -1.20. The van der Waals surface area contributed by atoms with Gasteiger partial charge < -0.3 is 5.11 Å². The molecule has 0 aliphatic heterocycles. The van der Waals surface area contributed by atoms with Crippen LogP contribution in [-0.4, -0.2) is 26.7 Å². The van der Waals surface area contributed by atoms with Gasteiger partial charge in [0.15, 0.2) is 0 Å². The van der Waals surface area contributed by atoms with Gasteiger partial charge in [0.2, 0.25) is 0 Å². The quantitative estimate of drug-likeness (QED) is 0.927. The molecule has 1 heterocycles. The van der Waals surface area contributed by atoms with E-state index in [0.717, 1.165) is 10.2 Å². The molecule has 0 saturated heterocycles. The molecule has 2 rings (SSSR count). The van der Waals surface area contributed by atoms with E-state index in [9.17, 15) is 0 Å². The van der Waals surface area contributed by atoms with Crippen LogP contribution in [0.25, 0.3) is 0 Å². The smallest absolute Gasteiger partial charge is 0.0850 e. The lowest BCUT2D eigenvalue weighted by Crippen LogP contribution is -2.00. The first-order chi connectivity index (χ1) is 7.78. The number of hydrogen-bond acceptors (Lipinski definition) is 3. The van der Waals surface area contributed by atoms with Gasteiger partial charge in [-0.25, -0.2) is 4.68 Å². The highest BCUT2D eigenvalue weighted by molar-refractivity contribution is 9.10. The van der Waals surface area contributed by atoms with Gasteiger partial charge in [0.1, 0.15) is 0 Å². The van der Waals surface area contributed by atoms with Gasteiger partial charge in [0, 0.05) is 23.7 Å². The zero-order valence-electron chi connectivity index (χ0n) is 8.67. The van der Waals surface area contributed by atoms with Crippen LogP contribution in [0.4, 0.5) is 0 Å². The molecule has 5 heteroatoms. The summed E-state index contributed by atoms with van der Waals surface area (Å²) in [4.78, 5) is 0. The van der Waals surface area contributed by atoms with Crippen molar-refractivity contribution in [1.82, 2.24) is 15.0 Å². The predicted octanol–water partition coefficient (Wildman–Crippen LogP) is 1.62. The second-order valence-corrected chi connectivity index (χ2v) is 4.42. The highest BCUT2D eigenvalue weighted by atomic mass is 79.9. The minimum absolute atomic E-state index is 0.108. The van der Waals surface area contributed by atoms with Gasteiger partial charge in [-0.1, -0.05) is 33.3 Å². The van der Waals surface area contributed by atoms with E-state index in [2.05, 4.69) is 26.2 Å². The standard InChI is InChI=1S/C11H12BrN3O/c12-10-3-1-9(2-4-10)7-15-8-11(5-6-16)13-14-15/h1-4,8,16H,5-7H2. The minimum atomic E-state index is 0.108. The van der Waals surface area contributed by atoms with Crippen LogP contribution in [0.3, 0.4) is 0 Å². The van der Waals surface area contributed by atoms with Crippen LogP contribution in [0.15, 0.2) is 34.9 Å². The fraction of sp³-hybridized carbons (Fsp3) is 0.273. The van der Waals surface area contributed by atoms with Crippen molar-refractivity contribution in [3.63, 3.8) is 0 Å². The van der Waals surface area contributed by atoms with E-state index in [4.69, 9.17) is 5.11 Å². The number of hydrogen-bond donors (Lipinski definition) is 1. The Labute approximate surface area is 102 Å². The number of aliphatic hydroxyl groups is 1. The molecule has 84 valence electrons. The molecule has 0 aliphatic carbocycles. The SMILES string of the molecule is OCCc1cn(Cc2ccc(Br)cc2)nn1. The lowest BCUT2D eigenvalue weighted by atomic mass is 10.2. The van der Waals surface area contributed by atoms with E-state index in [-0.39, 0.29) is 6.61 Å². The maximum Gasteiger partial charge on any atom is 0.0850 e. The fourth-order valence-electron chi connectivity index (χ4n) is 1.42. The Morgan fingerprint density at radius 1 is 1.25 bits per heavy atom. The molecule has 1 N–H and O–H groups in total. The molecule has 0 fully saturated rings. The first kappa shape index (κ1) is 11.3. The highest BCUT2D eigenvalue weighted by Gasteiger charge is 2.00. The fourth-order valence-corrected chi connectivity index (χ4v) is 1.69. The number of aromatic nitrogens is 3. The van der Waals surface area contributed by atoms with E-state index in [1.807, 2.05) is 30.5 Å². The first-order valence-electron chi connectivity index (χ1n) is 5.02. The van der Waals surface area contributed by atoms with Crippen molar-refractivity contribution in [3.8, 4) is 0 Å². The Kier molecular flexibility index (Phi) is 3.69. The third-order valence-electron chi connectivity index (χ3n) is 2.21. The molecule has 1 aromatic carbocycles. The van der Waals surface area contributed by atoms with Gasteiger partial charge in [-0.15, -0.1) is 5.10 Å². The molecule has 0 unspecified atom stereocenters. The summed E-state index contributed by atoms with van der Waals surface area (Å²) in [6.45, 7) is 0.808.